The lowest BCUT2D eigenvalue weighted by Gasteiger charge is -2.08. The number of nitrogens with zero attached hydrogens (tertiary/aromatic N) is 3. The maximum Gasteiger partial charge on any atom is 0.445 e. The first-order chi connectivity index (χ1) is 13.4. The van der Waals surface area contributed by atoms with Crippen molar-refractivity contribution in [3.63, 3.8) is 0 Å². The first-order valence-corrected chi connectivity index (χ1v) is 9.60. The third kappa shape index (κ3) is 4.88. The Morgan fingerprint density at radius 3 is 2.50 bits per heavy atom. The number of nitrogens with one attached hydrogen (secondary N) is 1. The zero-order valence-corrected chi connectivity index (χ0v) is 15.7. The van der Waals surface area contributed by atoms with Gasteiger partial charge in [0.05, 0.1) is 17.2 Å². The lowest BCUT2D eigenvalue weighted by molar-refractivity contribution is -0.138. The highest BCUT2D eigenvalue weighted by molar-refractivity contribution is 7.98. The molecule has 0 aliphatic heterocycles. The molecule has 1 N–H and O–H groups in total. The highest BCUT2D eigenvalue weighted by Crippen LogP contribution is 2.33. The van der Waals surface area contributed by atoms with Crippen molar-refractivity contribution in [1.82, 2.24) is 10.2 Å². The predicted octanol–water partition coefficient (Wildman–Crippen LogP) is 4.97. The SMILES string of the molecule is N#Cc1ccc(CSc2ccccc2C(=O)Nc2nnc(C(F)(F)F)s2)cc1. The van der Waals surface area contributed by atoms with Gasteiger partial charge in [0.15, 0.2) is 0 Å². The number of alkyl halides is 3. The van der Waals surface area contributed by atoms with E-state index in [-0.39, 0.29) is 16.5 Å². The van der Waals surface area contributed by atoms with Crippen LogP contribution < -0.4 is 5.32 Å². The van der Waals surface area contributed by atoms with Gasteiger partial charge in [0, 0.05) is 10.6 Å². The summed E-state index contributed by atoms with van der Waals surface area (Å²) in [6, 6.07) is 15.9. The van der Waals surface area contributed by atoms with E-state index in [0.29, 0.717) is 21.8 Å². The van der Waals surface area contributed by atoms with Crippen LogP contribution in [0.4, 0.5) is 18.3 Å². The van der Waals surface area contributed by atoms with Crippen LogP contribution in [0.25, 0.3) is 0 Å². The van der Waals surface area contributed by atoms with E-state index in [2.05, 4.69) is 15.5 Å². The summed E-state index contributed by atoms with van der Waals surface area (Å²) in [4.78, 5) is 13.2. The number of benzene rings is 2. The van der Waals surface area contributed by atoms with Crippen molar-refractivity contribution >= 4 is 34.1 Å². The largest absolute Gasteiger partial charge is 0.445 e. The maximum absolute atomic E-state index is 12.6. The fourth-order valence-corrected chi connectivity index (χ4v) is 3.78. The van der Waals surface area contributed by atoms with Gasteiger partial charge in [0.1, 0.15) is 0 Å². The van der Waals surface area contributed by atoms with E-state index in [1.165, 1.54) is 11.8 Å². The number of nitriles is 1. The van der Waals surface area contributed by atoms with Crippen LogP contribution in [0.15, 0.2) is 53.4 Å². The quantitative estimate of drug-likeness (QED) is 0.590. The van der Waals surface area contributed by atoms with Crippen molar-refractivity contribution in [2.24, 2.45) is 0 Å². The maximum atomic E-state index is 12.6. The number of aromatic nitrogens is 2. The molecule has 1 aromatic heterocycles. The molecular formula is C18H11F3N4OS2. The molecule has 0 saturated carbocycles. The lowest BCUT2D eigenvalue weighted by Crippen LogP contribution is -2.12. The average Bonchev–Trinajstić information content (AvgIpc) is 3.16. The summed E-state index contributed by atoms with van der Waals surface area (Å²) in [6.07, 6.45) is -4.60. The number of amides is 1. The van der Waals surface area contributed by atoms with Gasteiger partial charge in [-0.2, -0.15) is 18.4 Å². The minimum atomic E-state index is -4.60. The molecule has 3 aromatic rings. The number of carbonyl (C=O) groups excluding carboxylic acids is 1. The molecular weight excluding hydrogens is 409 g/mol. The lowest BCUT2D eigenvalue weighted by atomic mass is 10.2. The molecule has 28 heavy (non-hydrogen) atoms. The Labute approximate surface area is 166 Å². The van der Waals surface area contributed by atoms with Crippen LogP contribution >= 0.6 is 23.1 Å². The average molecular weight is 420 g/mol. The summed E-state index contributed by atoms with van der Waals surface area (Å²) in [5.41, 5.74) is 1.85. The molecule has 0 spiro atoms. The molecule has 0 unspecified atom stereocenters. The first kappa shape index (κ1) is 19.9. The second-order valence-electron chi connectivity index (χ2n) is 5.46. The molecule has 0 atom stereocenters. The summed E-state index contributed by atoms with van der Waals surface area (Å²) < 4.78 is 37.8. The summed E-state index contributed by atoms with van der Waals surface area (Å²) >= 11 is 1.68. The highest BCUT2D eigenvalue weighted by atomic mass is 32.2. The molecule has 1 heterocycles. The van der Waals surface area contributed by atoms with Gasteiger partial charge in [0.2, 0.25) is 10.1 Å². The normalized spacial score (nSPS) is 11.1. The van der Waals surface area contributed by atoms with Crippen LogP contribution in [0.5, 0.6) is 0 Å². The molecule has 5 nitrogen and oxygen atoms in total. The molecule has 0 saturated heterocycles. The van der Waals surface area contributed by atoms with Gasteiger partial charge in [0.25, 0.3) is 5.91 Å². The van der Waals surface area contributed by atoms with E-state index in [1.807, 2.05) is 18.2 Å². The zero-order valence-electron chi connectivity index (χ0n) is 14.0. The van der Waals surface area contributed by atoms with Gasteiger partial charge in [-0.15, -0.1) is 22.0 Å². The number of carbonyl (C=O) groups is 1. The second-order valence-corrected chi connectivity index (χ2v) is 7.45. The molecule has 0 aliphatic rings. The number of thioether (sulfide) groups is 1. The van der Waals surface area contributed by atoms with Crippen LogP contribution in [-0.4, -0.2) is 16.1 Å². The molecule has 2 aromatic carbocycles. The molecule has 0 bridgehead atoms. The zero-order chi connectivity index (χ0) is 20.1. The van der Waals surface area contributed by atoms with E-state index in [9.17, 15) is 18.0 Å². The Balaban J connectivity index is 1.71. The van der Waals surface area contributed by atoms with Crippen LogP contribution in [0.1, 0.15) is 26.5 Å². The minimum absolute atomic E-state index is 0.218. The Hall–Kier alpha value is -2.90. The van der Waals surface area contributed by atoms with Crippen molar-refractivity contribution in [3.05, 3.63) is 70.2 Å². The predicted molar refractivity (Wildman–Crippen MR) is 100 cm³/mol. The van der Waals surface area contributed by atoms with Crippen LogP contribution in [-0.2, 0) is 11.9 Å². The fourth-order valence-electron chi connectivity index (χ4n) is 2.17. The van der Waals surface area contributed by atoms with Crippen LogP contribution in [0, 0.1) is 11.3 Å². The number of rotatable bonds is 5. The number of hydrogen-bond donors (Lipinski definition) is 1. The molecule has 0 aliphatic carbocycles. The summed E-state index contributed by atoms with van der Waals surface area (Å²) in [7, 11) is 0. The third-order valence-corrected chi connectivity index (χ3v) is 5.53. The topological polar surface area (TPSA) is 78.7 Å². The van der Waals surface area contributed by atoms with E-state index in [4.69, 9.17) is 5.26 Å². The number of hydrogen-bond acceptors (Lipinski definition) is 6. The smallest absolute Gasteiger partial charge is 0.296 e. The summed E-state index contributed by atoms with van der Waals surface area (Å²) in [5.74, 6) is 0.000312. The minimum Gasteiger partial charge on any atom is -0.296 e. The van der Waals surface area contributed by atoms with Gasteiger partial charge >= 0.3 is 6.18 Å². The van der Waals surface area contributed by atoms with Crippen molar-refractivity contribution in [2.45, 2.75) is 16.8 Å². The molecule has 142 valence electrons. The number of halogens is 3. The summed E-state index contributed by atoms with van der Waals surface area (Å²) in [5, 5.41) is 16.3. The van der Waals surface area contributed by atoms with E-state index in [1.54, 1.807) is 36.4 Å². The van der Waals surface area contributed by atoms with Crippen molar-refractivity contribution in [2.75, 3.05) is 5.32 Å². The van der Waals surface area contributed by atoms with Crippen LogP contribution in [0.2, 0.25) is 0 Å². The van der Waals surface area contributed by atoms with Gasteiger partial charge in [-0.05, 0) is 29.8 Å². The van der Waals surface area contributed by atoms with E-state index >= 15 is 0 Å². The van der Waals surface area contributed by atoms with E-state index < -0.39 is 17.1 Å². The monoisotopic (exact) mass is 420 g/mol. The van der Waals surface area contributed by atoms with Gasteiger partial charge < -0.3 is 0 Å². The van der Waals surface area contributed by atoms with Crippen molar-refractivity contribution < 1.29 is 18.0 Å². The standard InChI is InChI=1S/C18H11F3N4OS2/c19-18(20,21)16-24-25-17(28-16)23-15(26)13-3-1-2-4-14(13)27-10-12-7-5-11(9-22)6-8-12/h1-8H,10H2,(H,23,25,26). The Bertz CT molecular complexity index is 1030. The second kappa shape index (κ2) is 8.41. The third-order valence-electron chi connectivity index (χ3n) is 3.50. The Morgan fingerprint density at radius 1 is 1.14 bits per heavy atom. The molecule has 1 amide bonds. The molecule has 0 fully saturated rings. The molecule has 10 heteroatoms. The number of anilines is 1. The Morgan fingerprint density at radius 2 is 1.86 bits per heavy atom. The van der Waals surface area contributed by atoms with Gasteiger partial charge in [-0.1, -0.05) is 35.6 Å². The Kier molecular flexibility index (Phi) is 5.96. The van der Waals surface area contributed by atoms with Gasteiger partial charge in [-0.3, -0.25) is 10.1 Å². The molecule has 0 radical (unpaired) electrons. The fraction of sp³-hybridized carbons (Fsp3) is 0.111. The molecule has 3 rings (SSSR count). The summed E-state index contributed by atoms with van der Waals surface area (Å²) in [6.45, 7) is 0. The van der Waals surface area contributed by atoms with Crippen molar-refractivity contribution in [1.29, 1.82) is 5.26 Å². The first-order valence-electron chi connectivity index (χ1n) is 7.80. The van der Waals surface area contributed by atoms with Crippen LogP contribution in [0.3, 0.4) is 0 Å². The highest BCUT2D eigenvalue weighted by Gasteiger charge is 2.35. The van der Waals surface area contributed by atoms with E-state index in [0.717, 1.165) is 5.56 Å². The van der Waals surface area contributed by atoms with Crippen molar-refractivity contribution in [3.8, 4) is 6.07 Å². The van der Waals surface area contributed by atoms with Gasteiger partial charge in [-0.25, -0.2) is 0 Å².